The van der Waals surface area contributed by atoms with Gasteiger partial charge < -0.3 is 10.1 Å². The standard InChI is InChI=1S/C13H17NO3S/c1-3-5-12(15)11(13(16)17-4-2)8-14-10-6-7-18-9-10/h6-9,14H,3-5H2,1-2H3. The molecule has 1 rings (SSSR count). The van der Waals surface area contributed by atoms with Crippen molar-refractivity contribution in [2.24, 2.45) is 0 Å². The second kappa shape index (κ2) is 7.66. The molecule has 4 nitrogen and oxygen atoms in total. The van der Waals surface area contributed by atoms with Gasteiger partial charge in [0.05, 0.1) is 6.61 Å². The molecular weight excluding hydrogens is 250 g/mol. The fourth-order valence-electron chi connectivity index (χ4n) is 1.33. The van der Waals surface area contributed by atoms with Crippen molar-refractivity contribution in [2.75, 3.05) is 11.9 Å². The van der Waals surface area contributed by atoms with Gasteiger partial charge in [0.25, 0.3) is 0 Å². The van der Waals surface area contributed by atoms with Crippen LogP contribution in [0.25, 0.3) is 0 Å². The lowest BCUT2D eigenvalue weighted by Gasteiger charge is -2.06. The Kier molecular flexibility index (Phi) is 6.14. The van der Waals surface area contributed by atoms with Crippen molar-refractivity contribution in [1.29, 1.82) is 0 Å². The van der Waals surface area contributed by atoms with E-state index in [0.717, 1.165) is 5.69 Å². The zero-order chi connectivity index (χ0) is 13.4. The zero-order valence-electron chi connectivity index (χ0n) is 10.6. The highest BCUT2D eigenvalue weighted by molar-refractivity contribution is 7.08. The van der Waals surface area contributed by atoms with E-state index in [1.54, 1.807) is 6.92 Å². The van der Waals surface area contributed by atoms with Crippen LogP contribution in [0.3, 0.4) is 0 Å². The number of Topliss-reactive ketones (excluding diaryl/α,β-unsaturated/α-hetero) is 1. The van der Waals surface area contributed by atoms with Crippen LogP contribution in [0.2, 0.25) is 0 Å². The topological polar surface area (TPSA) is 55.4 Å². The quantitative estimate of drug-likeness (QED) is 0.357. The number of hydrogen-bond acceptors (Lipinski definition) is 5. The Bertz CT molecular complexity index is 403. The number of nitrogens with one attached hydrogen (secondary N) is 1. The SMILES string of the molecule is CCCC(=O)C(=CNc1ccsc1)C(=O)OCC. The Balaban J connectivity index is 2.78. The monoisotopic (exact) mass is 267 g/mol. The fourth-order valence-corrected chi connectivity index (χ4v) is 1.92. The minimum absolute atomic E-state index is 0.0740. The van der Waals surface area contributed by atoms with Crippen LogP contribution in [0, 0.1) is 0 Å². The summed E-state index contributed by atoms with van der Waals surface area (Å²) in [5, 5.41) is 6.73. The molecule has 0 unspecified atom stereocenters. The number of ketones is 1. The van der Waals surface area contributed by atoms with Crippen molar-refractivity contribution < 1.29 is 14.3 Å². The average Bonchev–Trinajstić information content (AvgIpc) is 2.83. The van der Waals surface area contributed by atoms with Crippen LogP contribution in [0.15, 0.2) is 28.6 Å². The number of hydrogen-bond donors (Lipinski definition) is 1. The third-order valence-electron chi connectivity index (χ3n) is 2.18. The molecule has 1 heterocycles. The number of rotatable bonds is 7. The van der Waals surface area contributed by atoms with Gasteiger partial charge in [0, 0.05) is 23.7 Å². The summed E-state index contributed by atoms with van der Waals surface area (Å²) >= 11 is 1.54. The molecule has 98 valence electrons. The molecule has 0 bridgehead atoms. The molecule has 0 radical (unpaired) electrons. The van der Waals surface area contributed by atoms with Crippen molar-refractivity contribution in [3.05, 3.63) is 28.6 Å². The molecule has 1 N–H and O–H groups in total. The molecule has 0 atom stereocenters. The first-order chi connectivity index (χ1) is 8.69. The van der Waals surface area contributed by atoms with E-state index < -0.39 is 5.97 Å². The molecular formula is C13H17NO3S. The van der Waals surface area contributed by atoms with Gasteiger partial charge in [-0.25, -0.2) is 4.79 Å². The third-order valence-corrected chi connectivity index (χ3v) is 2.86. The van der Waals surface area contributed by atoms with E-state index >= 15 is 0 Å². The number of carbonyl (C=O) groups is 2. The van der Waals surface area contributed by atoms with E-state index in [4.69, 9.17) is 4.74 Å². The van der Waals surface area contributed by atoms with Crippen LogP contribution in [0.4, 0.5) is 5.69 Å². The molecule has 0 aromatic carbocycles. The highest BCUT2D eigenvalue weighted by Crippen LogP contribution is 2.13. The van der Waals surface area contributed by atoms with Gasteiger partial charge in [-0.1, -0.05) is 6.92 Å². The summed E-state index contributed by atoms with van der Waals surface area (Å²) in [4.78, 5) is 23.5. The molecule has 5 heteroatoms. The van der Waals surface area contributed by atoms with Gasteiger partial charge >= 0.3 is 5.97 Å². The van der Waals surface area contributed by atoms with E-state index in [0.29, 0.717) is 12.8 Å². The number of thiophene rings is 1. The first-order valence-corrected chi connectivity index (χ1v) is 6.82. The second-order valence-corrected chi connectivity index (χ2v) is 4.39. The van der Waals surface area contributed by atoms with Crippen LogP contribution >= 0.6 is 11.3 Å². The Hall–Kier alpha value is -1.62. The number of carbonyl (C=O) groups excluding carboxylic acids is 2. The maximum Gasteiger partial charge on any atom is 0.343 e. The Morgan fingerprint density at radius 3 is 2.78 bits per heavy atom. The summed E-state index contributed by atoms with van der Waals surface area (Å²) in [5.74, 6) is -0.766. The highest BCUT2D eigenvalue weighted by Gasteiger charge is 2.18. The second-order valence-electron chi connectivity index (χ2n) is 3.61. The van der Waals surface area contributed by atoms with Crippen molar-refractivity contribution in [2.45, 2.75) is 26.7 Å². The minimum Gasteiger partial charge on any atom is -0.462 e. The average molecular weight is 267 g/mol. The van der Waals surface area contributed by atoms with Gasteiger partial charge in [-0.15, -0.1) is 0 Å². The first-order valence-electron chi connectivity index (χ1n) is 5.88. The molecule has 0 aliphatic carbocycles. The third kappa shape index (κ3) is 4.33. The summed E-state index contributed by atoms with van der Waals surface area (Å²) in [6.07, 6.45) is 2.47. The van der Waals surface area contributed by atoms with E-state index in [1.807, 2.05) is 23.8 Å². The summed E-state index contributed by atoms with van der Waals surface area (Å²) in [6, 6.07) is 1.87. The maximum absolute atomic E-state index is 11.8. The van der Waals surface area contributed by atoms with Gasteiger partial charge in [-0.3, -0.25) is 4.79 Å². The molecule has 1 aromatic rings. The Morgan fingerprint density at radius 1 is 1.44 bits per heavy atom. The van der Waals surface area contributed by atoms with Crippen molar-refractivity contribution in [1.82, 2.24) is 0 Å². The largest absolute Gasteiger partial charge is 0.462 e. The lowest BCUT2D eigenvalue weighted by Crippen LogP contribution is -2.17. The summed E-state index contributed by atoms with van der Waals surface area (Å²) in [7, 11) is 0. The fraction of sp³-hybridized carbons (Fsp3) is 0.385. The van der Waals surface area contributed by atoms with Crippen LogP contribution in [-0.2, 0) is 14.3 Å². The predicted octanol–water partition coefficient (Wildman–Crippen LogP) is 2.98. The molecule has 0 saturated carbocycles. The Labute approximate surface area is 111 Å². The minimum atomic E-state index is -0.571. The normalized spacial score (nSPS) is 11.1. The van der Waals surface area contributed by atoms with Gasteiger partial charge in [-0.2, -0.15) is 11.3 Å². The predicted molar refractivity (Wildman–Crippen MR) is 72.6 cm³/mol. The molecule has 0 amide bonds. The molecule has 0 saturated heterocycles. The molecule has 0 fully saturated rings. The van der Waals surface area contributed by atoms with Gasteiger partial charge in [-0.05, 0) is 24.8 Å². The van der Waals surface area contributed by atoms with Crippen LogP contribution < -0.4 is 5.32 Å². The van der Waals surface area contributed by atoms with E-state index in [2.05, 4.69) is 5.32 Å². The van der Waals surface area contributed by atoms with E-state index in [-0.39, 0.29) is 18.0 Å². The van der Waals surface area contributed by atoms with Crippen LogP contribution in [-0.4, -0.2) is 18.4 Å². The molecule has 0 aliphatic rings. The van der Waals surface area contributed by atoms with Crippen LogP contribution in [0.1, 0.15) is 26.7 Å². The lowest BCUT2D eigenvalue weighted by molar-refractivity contribution is -0.140. The summed E-state index contributed by atoms with van der Waals surface area (Å²) < 4.78 is 4.88. The molecule has 1 aromatic heterocycles. The zero-order valence-corrected chi connectivity index (χ0v) is 11.4. The lowest BCUT2D eigenvalue weighted by atomic mass is 10.1. The summed E-state index contributed by atoms with van der Waals surface area (Å²) in [5.41, 5.74) is 0.927. The smallest absolute Gasteiger partial charge is 0.343 e. The summed E-state index contributed by atoms with van der Waals surface area (Å²) in [6.45, 7) is 3.87. The van der Waals surface area contributed by atoms with Gasteiger partial charge in [0.15, 0.2) is 5.78 Å². The van der Waals surface area contributed by atoms with Crippen LogP contribution in [0.5, 0.6) is 0 Å². The molecule has 0 aliphatic heterocycles. The maximum atomic E-state index is 11.8. The van der Waals surface area contributed by atoms with E-state index in [1.165, 1.54) is 17.5 Å². The van der Waals surface area contributed by atoms with Crippen molar-refractivity contribution in [3.63, 3.8) is 0 Å². The first kappa shape index (κ1) is 14.4. The molecule has 0 spiro atoms. The number of anilines is 1. The van der Waals surface area contributed by atoms with Gasteiger partial charge in [0.2, 0.25) is 0 Å². The van der Waals surface area contributed by atoms with Crippen molar-refractivity contribution >= 4 is 28.8 Å². The molecule has 18 heavy (non-hydrogen) atoms. The number of esters is 1. The highest BCUT2D eigenvalue weighted by atomic mass is 32.1. The van der Waals surface area contributed by atoms with E-state index in [9.17, 15) is 9.59 Å². The Morgan fingerprint density at radius 2 is 2.22 bits per heavy atom. The van der Waals surface area contributed by atoms with Crippen molar-refractivity contribution in [3.8, 4) is 0 Å². The van der Waals surface area contributed by atoms with Gasteiger partial charge in [0.1, 0.15) is 5.57 Å². The number of ether oxygens (including phenoxy) is 1.